The van der Waals surface area contributed by atoms with Gasteiger partial charge in [0.2, 0.25) is 0 Å². The maximum atomic E-state index is 13.5. The molecule has 0 aliphatic rings. The maximum Gasteiger partial charge on any atom is 0.163 e. The summed E-state index contributed by atoms with van der Waals surface area (Å²) in [6.07, 6.45) is 0. The lowest BCUT2D eigenvalue weighted by Gasteiger charge is -2.10. The van der Waals surface area contributed by atoms with Crippen LogP contribution in [-0.4, -0.2) is 7.11 Å². The molecule has 0 saturated heterocycles. The summed E-state index contributed by atoms with van der Waals surface area (Å²) in [5.74, 6) is -0.840. The largest absolute Gasteiger partial charge is 0.496 e. The van der Waals surface area contributed by atoms with Gasteiger partial charge in [-0.25, -0.2) is 8.78 Å². The number of methoxy groups -OCH3 is 1. The average Bonchev–Trinajstić information content (AvgIpc) is 2.40. The molecule has 0 amide bonds. The highest BCUT2D eigenvalue weighted by molar-refractivity contribution is 5.51. The van der Waals surface area contributed by atoms with E-state index in [2.05, 4.69) is 5.32 Å². The quantitative estimate of drug-likeness (QED) is 0.903. The Morgan fingerprint density at radius 2 is 1.95 bits per heavy atom. The Balaban J connectivity index is 2.10. The molecule has 0 aromatic heterocycles. The van der Waals surface area contributed by atoms with Crippen molar-refractivity contribution in [1.29, 1.82) is 0 Å². The van der Waals surface area contributed by atoms with Crippen molar-refractivity contribution < 1.29 is 13.5 Å². The molecule has 4 heteroatoms. The molecule has 0 aliphatic heterocycles. The van der Waals surface area contributed by atoms with E-state index in [1.807, 2.05) is 25.1 Å². The van der Waals surface area contributed by atoms with Gasteiger partial charge in [-0.3, -0.25) is 0 Å². The molecule has 0 fully saturated rings. The molecular weight excluding hydrogens is 248 g/mol. The molecule has 0 bridgehead atoms. The fourth-order valence-corrected chi connectivity index (χ4v) is 1.87. The Morgan fingerprint density at radius 1 is 1.16 bits per heavy atom. The second-order valence-corrected chi connectivity index (χ2v) is 4.25. The van der Waals surface area contributed by atoms with Crippen molar-refractivity contribution in [3.05, 3.63) is 59.2 Å². The summed E-state index contributed by atoms with van der Waals surface area (Å²) in [5.41, 5.74) is 2.11. The molecule has 2 aromatic carbocycles. The number of rotatable bonds is 4. The molecule has 2 rings (SSSR count). The molecule has 0 radical (unpaired) electrons. The van der Waals surface area contributed by atoms with Crippen LogP contribution < -0.4 is 10.1 Å². The fraction of sp³-hybridized carbons (Fsp3) is 0.200. The molecule has 0 atom stereocenters. The number of hydrogen-bond acceptors (Lipinski definition) is 2. The van der Waals surface area contributed by atoms with Crippen LogP contribution in [0.15, 0.2) is 36.4 Å². The number of ether oxygens (including phenoxy) is 1. The summed E-state index contributed by atoms with van der Waals surface area (Å²) in [7, 11) is 1.61. The third-order valence-electron chi connectivity index (χ3n) is 2.91. The number of aryl methyl sites for hydroxylation is 1. The molecule has 0 heterocycles. The molecule has 1 N–H and O–H groups in total. The van der Waals surface area contributed by atoms with Crippen LogP contribution in [0.3, 0.4) is 0 Å². The second kappa shape index (κ2) is 5.69. The van der Waals surface area contributed by atoms with E-state index in [1.54, 1.807) is 13.2 Å². The molecular formula is C15H15F2NO. The van der Waals surface area contributed by atoms with E-state index < -0.39 is 11.6 Å². The first-order valence-corrected chi connectivity index (χ1v) is 5.93. The lowest BCUT2D eigenvalue weighted by atomic mass is 10.1. The van der Waals surface area contributed by atoms with Crippen LogP contribution in [-0.2, 0) is 6.54 Å². The Labute approximate surface area is 111 Å². The lowest BCUT2D eigenvalue weighted by Crippen LogP contribution is -2.03. The van der Waals surface area contributed by atoms with Crippen LogP contribution >= 0.6 is 0 Å². The van der Waals surface area contributed by atoms with Crippen molar-refractivity contribution >= 4 is 5.69 Å². The van der Waals surface area contributed by atoms with E-state index in [0.29, 0.717) is 5.56 Å². The van der Waals surface area contributed by atoms with Crippen molar-refractivity contribution in [3.8, 4) is 5.75 Å². The van der Waals surface area contributed by atoms with E-state index in [-0.39, 0.29) is 6.54 Å². The molecule has 2 aromatic rings. The summed E-state index contributed by atoms with van der Waals surface area (Å²) in [5, 5.41) is 3.06. The predicted molar refractivity (Wildman–Crippen MR) is 71.4 cm³/mol. The number of hydrogen-bond donors (Lipinski definition) is 1. The van der Waals surface area contributed by atoms with Crippen molar-refractivity contribution in [2.24, 2.45) is 0 Å². The van der Waals surface area contributed by atoms with Gasteiger partial charge in [-0.2, -0.15) is 0 Å². The highest BCUT2D eigenvalue weighted by Gasteiger charge is 2.07. The number of benzene rings is 2. The zero-order valence-corrected chi connectivity index (χ0v) is 10.8. The summed E-state index contributed by atoms with van der Waals surface area (Å²) < 4.78 is 31.7. The highest BCUT2D eigenvalue weighted by Crippen LogP contribution is 2.22. The average molecular weight is 263 g/mol. The Bertz CT molecular complexity index is 584. The first-order chi connectivity index (χ1) is 9.11. The van der Waals surface area contributed by atoms with Gasteiger partial charge < -0.3 is 10.1 Å². The minimum Gasteiger partial charge on any atom is -0.496 e. The van der Waals surface area contributed by atoms with Crippen molar-refractivity contribution in [2.75, 3.05) is 12.4 Å². The fourth-order valence-electron chi connectivity index (χ4n) is 1.87. The number of anilines is 1. The van der Waals surface area contributed by atoms with E-state index >= 15 is 0 Å². The van der Waals surface area contributed by atoms with Gasteiger partial charge in [0.15, 0.2) is 11.6 Å². The third-order valence-corrected chi connectivity index (χ3v) is 2.91. The molecule has 0 saturated carbocycles. The van der Waals surface area contributed by atoms with Crippen LogP contribution in [0.4, 0.5) is 14.5 Å². The first-order valence-electron chi connectivity index (χ1n) is 5.93. The van der Waals surface area contributed by atoms with Crippen molar-refractivity contribution in [3.63, 3.8) is 0 Å². The van der Waals surface area contributed by atoms with E-state index in [9.17, 15) is 8.78 Å². The normalized spacial score (nSPS) is 10.3. The third kappa shape index (κ3) is 3.02. The SMILES string of the molecule is COc1ccc(NCc2cccc(F)c2F)cc1C. The van der Waals surface area contributed by atoms with Gasteiger partial charge in [0, 0.05) is 17.8 Å². The zero-order valence-electron chi connectivity index (χ0n) is 10.8. The molecule has 0 spiro atoms. The minimum atomic E-state index is -0.829. The van der Waals surface area contributed by atoms with Gasteiger partial charge >= 0.3 is 0 Å². The van der Waals surface area contributed by atoms with Crippen LogP contribution in [0.2, 0.25) is 0 Å². The second-order valence-electron chi connectivity index (χ2n) is 4.25. The highest BCUT2D eigenvalue weighted by atomic mass is 19.2. The molecule has 0 unspecified atom stereocenters. The Kier molecular flexibility index (Phi) is 4.00. The van der Waals surface area contributed by atoms with Gasteiger partial charge in [0.05, 0.1) is 7.11 Å². The topological polar surface area (TPSA) is 21.3 Å². The standard InChI is InChI=1S/C15H15F2NO/c1-10-8-12(6-7-14(10)19-2)18-9-11-4-3-5-13(16)15(11)17/h3-8,18H,9H2,1-2H3. The van der Waals surface area contributed by atoms with Gasteiger partial charge in [0.25, 0.3) is 0 Å². The number of halogens is 2. The lowest BCUT2D eigenvalue weighted by molar-refractivity contribution is 0.412. The minimum absolute atomic E-state index is 0.232. The van der Waals surface area contributed by atoms with Crippen LogP contribution in [0, 0.1) is 18.6 Å². The first kappa shape index (κ1) is 13.3. The van der Waals surface area contributed by atoms with E-state index in [4.69, 9.17) is 4.74 Å². The summed E-state index contributed by atoms with van der Waals surface area (Å²) in [6.45, 7) is 2.15. The Morgan fingerprint density at radius 3 is 2.63 bits per heavy atom. The van der Waals surface area contributed by atoms with Gasteiger partial charge in [-0.05, 0) is 36.8 Å². The van der Waals surface area contributed by atoms with Crippen LogP contribution in [0.5, 0.6) is 5.75 Å². The van der Waals surface area contributed by atoms with E-state index in [1.165, 1.54) is 6.07 Å². The van der Waals surface area contributed by atoms with Gasteiger partial charge in [-0.15, -0.1) is 0 Å². The summed E-state index contributed by atoms with van der Waals surface area (Å²) in [6, 6.07) is 9.73. The zero-order chi connectivity index (χ0) is 13.8. The van der Waals surface area contributed by atoms with Crippen LogP contribution in [0.1, 0.15) is 11.1 Å². The summed E-state index contributed by atoms with van der Waals surface area (Å²) in [4.78, 5) is 0. The van der Waals surface area contributed by atoms with Crippen molar-refractivity contribution in [1.82, 2.24) is 0 Å². The van der Waals surface area contributed by atoms with Crippen molar-refractivity contribution in [2.45, 2.75) is 13.5 Å². The molecule has 100 valence electrons. The summed E-state index contributed by atoms with van der Waals surface area (Å²) >= 11 is 0. The molecule has 2 nitrogen and oxygen atoms in total. The number of nitrogens with one attached hydrogen (secondary N) is 1. The Hall–Kier alpha value is -2.10. The predicted octanol–water partition coefficient (Wildman–Crippen LogP) is 3.89. The monoisotopic (exact) mass is 263 g/mol. The molecule has 19 heavy (non-hydrogen) atoms. The van der Waals surface area contributed by atoms with Crippen LogP contribution in [0.25, 0.3) is 0 Å². The van der Waals surface area contributed by atoms with E-state index in [0.717, 1.165) is 23.1 Å². The molecule has 0 aliphatic carbocycles. The van der Waals surface area contributed by atoms with Gasteiger partial charge in [0.1, 0.15) is 5.75 Å². The maximum absolute atomic E-state index is 13.5. The van der Waals surface area contributed by atoms with Gasteiger partial charge in [-0.1, -0.05) is 12.1 Å². The smallest absolute Gasteiger partial charge is 0.163 e.